The van der Waals surface area contributed by atoms with Gasteiger partial charge in [-0.15, -0.1) is 0 Å². The summed E-state index contributed by atoms with van der Waals surface area (Å²) in [7, 11) is 0. The topological polar surface area (TPSA) is 108 Å². The number of hydrogen-bond donors (Lipinski definition) is 3. The van der Waals surface area contributed by atoms with Gasteiger partial charge in [0.1, 0.15) is 17.7 Å². The van der Waals surface area contributed by atoms with Crippen LogP contribution in [0, 0.1) is 12.8 Å². The number of nitrogens with one attached hydrogen (secondary N) is 2. The molecule has 38 heavy (non-hydrogen) atoms. The van der Waals surface area contributed by atoms with Crippen molar-refractivity contribution >= 4 is 23.6 Å². The van der Waals surface area contributed by atoms with E-state index in [4.69, 9.17) is 4.74 Å². The number of nitrogens with zero attached hydrogens (tertiary/aromatic N) is 1. The van der Waals surface area contributed by atoms with Crippen LogP contribution in [0.3, 0.4) is 0 Å². The number of benzene rings is 2. The van der Waals surface area contributed by atoms with E-state index in [2.05, 4.69) is 24.5 Å². The number of ether oxygens (including phenoxy) is 1. The molecule has 3 unspecified atom stereocenters. The third kappa shape index (κ3) is 9.17. The quantitative estimate of drug-likeness (QED) is 0.373. The van der Waals surface area contributed by atoms with Crippen LogP contribution in [0.15, 0.2) is 54.6 Å². The van der Waals surface area contributed by atoms with Gasteiger partial charge in [-0.2, -0.15) is 0 Å². The number of carbonyl (C=O) groups is 3. The van der Waals surface area contributed by atoms with E-state index in [1.807, 2.05) is 56.3 Å². The van der Waals surface area contributed by atoms with Gasteiger partial charge in [0.2, 0.25) is 5.91 Å². The number of hydrogen-bond acceptors (Lipinski definition) is 5. The van der Waals surface area contributed by atoms with Crippen molar-refractivity contribution in [2.75, 3.05) is 11.9 Å². The fraction of sp³-hybridized carbons (Fsp3) is 0.500. The fourth-order valence-corrected chi connectivity index (χ4v) is 4.12. The van der Waals surface area contributed by atoms with Crippen molar-refractivity contribution in [3.8, 4) is 0 Å². The molecule has 3 atom stereocenters. The van der Waals surface area contributed by atoms with Crippen LogP contribution in [0.5, 0.6) is 0 Å². The summed E-state index contributed by atoms with van der Waals surface area (Å²) in [4.78, 5) is 41.9. The SMILES string of the molecule is Cc1ccccc1NC(=O)C(c1ccccc1)N(C(=O)C(CO)NC(=O)OC(C)(C)C)C(C)CCC(C)C. The molecule has 0 aliphatic carbocycles. The Kier molecular flexibility index (Phi) is 11.3. The number of para-hydroxylation sites is 1. The number of aryl methyl sites for hydroxylation is 1. The minimum Gasteiger partial charge on any atom is -0.444 e. The molecule has 0 saturated carbocycles. The molecule has 0 bridgehead atoms. The summed E-state index contributed by atoms with van der Waals surface area (Å²) in [5.41, 5.74) is 1.37. The van der Waals surface area contributed by atoms with Crippen LogP contribution >= 0.6 is 0 Å². The standard InChI is InChI=1S/C30H43N3O5/c1-20(2)17-18-22(4)33(28(36)25(19-34)32-29(37)38-30(5,6)7)26(23-14-9-8-10-15-23)27(35)31-24-16-12-11-13-21(24)3/h8-16,20,22,25-26,34H,17-19H2,1-7H3,(H,31,35)(H,32,37). The lowest BCUT2D eigenvalue weighted by Gasteiger charge is -2.38. The molecule has 208 valence electrons. The smallest absolute Gasteiger partial charge is 0.408 e. The molecule has 0 radical (unpaired) electrons. The van der Waals surface area contributed by atoms with Crippen molar-refractivity contribution in [3.05, 3.63) is 65.7 Å². The number of aliphatic hydroxyl groups excluding tert-OH is 1. The lowest BCUT2D eigenvalue weighted by molar-refractivity contribution is -0.144. The van der Waals surface area contributed by atoms with Crippen LogP contribution in [-0.4, -0.2) is 52.2 Å². The van der Waals surface area contributed by atoms with E-state index in [0.29, 0.717) is 23.6 Å². The molecule has 0 fully saturated rings. The molecule has 0 spiro atoms. The molecule has 0 saturated heterocycles. The second-order valence-corrected chi connectivity index (χ2v) is 11.1. The summed E-state index contributed by atoms with van der Waals surface area (Å²) in [5, 5.41) is 15.6. The van der Waals surface area contributed by atoms with Crippen molar-refractivity contribution < 1.29 is 24.2 Å². The number of amides is 3. The highest BCUT2D eigenvalue weighted by atomic mass is 16.6. The molecule has 3 amide bonds. The van der Waals surface area contributed by atoms with Gasteiger partial charge < -0.3 is 25.4 Å². The Balaban J connectivity index is 2.52. The first-order valence-electron chi connectivity index (χ1n) is 13.2. The number of anilines is 1. The molecule has 2 aromatic carbocycles. The largest absolute Gasteiger partial charge is 0.444 e. The van der Waals surface area contributed by atoms with Crippen LogP contribution < -0.4 is 10.6 Å². The molecule has 0 aromatic heterocycles. The molecule has 2 aromatic rings. The zero-order valence-corrected chi connectivity index (χ0v) is 23.7. The summed E-state index contributed by atoms with van der Waals surface area (Å²) >= 11 is 0. The van der Waals surface area contributed by atoms with Gasteiger partial charge in [-0.1, -0.05) is 62.4 Å². The zero-order valence-electron chi connectivity index (χ0n) is 23.7. The maximum absolute atomic E-state index is 14.0. The van der Waals surface area contributed by atoms with Gasteiger partial charge in [0, 0.05) is 11.7 Å². The molecular weight excluding hydrogens is 482 g/mol. The normalized spacial score (nSPS) is 13.8. The maximum atomic E-state index is 14.0. The average Bonchev–Trinajstić information content (AvgIpc) is 2.84. The Labute approximate surface area is 226 Å². The van der Waals surface area contributed by atoms with Crippen molar-refractivity contribution in [1.82, 2.24) is 10.2 Å². The van der Waals surface area contributed by atoms with Crippen LogP contribution in [0.1, 0.15) is 71.6 Å². The van der Waals surface area contributed by atoms with Gasteiger partial charge in [-0.25, -0.2) is 4.79 Å². The Morgan fingerprint density at radius 1 is 0.947 bits per heavy atom. The van der Waals surface area contributed by atoms with E-state index in [9.17, 15) is 19.5 Å². The lowest BCUT2D eigenvalue weighted by Crippen LogP contribution is -2.56. The second kappa shape index (κ2) is 14.0. The third-order valence-electron chi connectivity index (χ3n) is 6.11. The summed E-state index contributed by atoms with van der Waals surface area (Å²) in [6, 6.07) is 13.8. The van der Waals surface area contributed by atoms with Crippen LogP contribution in [-0.2, 0) is 14.3 Å². The number of alkyl carbamates (subject to hydrolysis) is 1. The predicted molar refractivity (Wildman–Crippen MR) is 150 cm³/mol. The van der Waals surface area contributed by atoms with Gasteiger partial charge in [0.05, 0.1) is 6.61 Å². The van der Waals surface area contributed by atoms with Crippen LogP contribution in [0.4, 0.5) is 10.5 Å². The highest BCUT2D eigenvalue weighted by Gasteiger charge is 2.38. The first-order chi connectivity index (χ1) is 17.8. The first-order valence-corrected chi connectivity index (χ1v) is 13.2. The second-order valence-electron chi connectivity index (χ2n) is 11.1. The fourth-order valence-electron chi connectivity index (χ4n) is 4.12. The van der Waals surface area contributed by atoms with Gasteiger partial charge in [0.15, 0.2) is 0 Å². The van der Waals surface area contributed by atoms with Gasteiger partial charge in [-0.3, -0.25) is 9.59 Å². The zero-order chi connectivity index (χ0) is 28.5. The summed E-state index contributed by atoms with van der Waals surface area (Å²) in [6.07, 6.45) is 0.643. The number of aliphatic hydroxyl groups is 1. The molecule has 0 aliphatic rings. The Hall–Kier alpha value is -3.39. The Morgan fingerprint density at radius 3 is 2.11 bits per heavy atom. The molecule has 2 rings (SSSR count). The highest BCUT2D eigenvalue weighted by Crippen LogP contribution is 2.29. The highest BCUT2D eigenvalue weighted by molar-refractivity contribution is 5.99. The summed E-state index contributed by atoms with van der Waals surface area (Å²) < 4.78 is 5.31. The van der Waals surface area contributed by atoms with Crippen molar-refractivity contribution in [1.29, 1.82) is 0 Å². The van der Waals surface area contributed by atoms with E-state index in [-0.39, 0.29) is 11.9 Å². The van der Waals surface area contributed by atoms with E-state index in [1.54, 1.807) is 32.9 Å². The van der Waals surface area contributed by atoms with E-state index < -0.39 is 36.3 Å². The van der Waals surface area contributed by atoms with Crippen molar-refractivity contribution in [2.24, 2.45) is 5.92 Å². The van der Waals surface area contributed by atoms with Crippen LogP contribution in [0.2, 0.25) is 0 Å². The number of carbonyl (C=O) groups excluding carboxylic acids is 3. The first kappa shape index (κ1) is 30.8. The molecule has 0 heterocycles. The maximum Gasteiger partial charge on any atom is 0.408 e. The lowest BCUT2D eigenvalue weighted by atomic mass is 9.97. The monoisotopic (exact) mass is 525 g/mol. The minimum atomic E-state index is -1.29. The van der Waals surface area contributed by atoms with Gasteiger partial charge >= 0.3 is 6.09 Å². The molecular formula is C30H43N3O5. The van der Waals surface area contributed by atoms with E-state index >= 15 is 0 Å². The van der Waals surface area contributed by atoms with Gasteiger partial charge in [0.25, 0.3) is 5.91 Å². The molecule has 8 nitrogen and oxygen atoms in total. The molecule has 3 N–H and O–H groups in total. The minimum absolute atomic E-state index is 0.368. The average molecular weight is 526 g/mol. The van der Waals surface area contributed by atoms with Gasteiger partial charge in [-0.05, 0) is 70.6 Å². The molecule has 0 aliphatic heterocycles. The van der Waals surface area contributed by atoms with Crippen LogP contribution in [0.25, 0.3) is 0 Å². The third-order valence-corrected chi connectivity index (χ3v) is 6.11. The van der Waals surface area contributed by atoms with Crippen molar-refractivity contribution in [2.45, 2.75) is 85.0 Å². The molecule has 8 heteroatoms. The van der Waals surface area contributed by atoms with E-state index in [0.717, 1.165) is 12.0 Å². The van der Waals surface area contributed by atoms with E-state index in [1.165, 1.54) is 4.90 Å². The Bertz CT molecular complexity index is 1070. The summed E-state index contributed by atoms with van der Waals surface area (Å²) in [6.45, 7) is 12.5. The predicted octanol–water partition coefficient (Wildman–Crippen LogP) is 5.21. The Morgan fingerprint density at radius 2 is 1.55 bits per heavy atom. The number of rotatable bonds is 11. The van der Waals surface area contributed by atoms with Crippen molar-refractivity contribution in [3.63, 3.8) is 0 Å². The summed E-state index contributed by atoms with van der Waals surface area (Å²) in [5.74, 6) is -0.563.